The van der Waals surface area contributed by atoms with E-state index in [0.717, 1.165) is 19.3 Å². The number of amides is 2. The van der Waals surface area contributed by atoms with E-state index in [-0.39, 0.29) is 36.3 Å². The summed E-state index contributed by atoms with van der Waals surface area (Å²) in [6.45, 7) is 2.26. The summed E-state index contributed by atoms with van der Waals surface area (Å²) in [4.78, 5) is 37.1. The highest BCUT2D eigenvalue weighted by Crippen LogP contribution is 2.36. The number of hydrogen-bond acceptors (Lipinski definition) is 5. The Bertz CT molecular complexity index is 1380. The van der Waals surface area contributed by atoms with Crippen molar-refractivity contribution in [2.24, 2.45) is 5.92 Å². The number of phenols is 1. The number of alkyl halides is 1. The second kappa shape index (κ2) is 18.8. The first-order valence-corrected chi connectivity index (χ1v) is 16.2. The third-order valence-electron chi connectivity index (χ3n) is 7.77. The van der Waals surface area contributed by atoms with Crippen LogP contribution in [0.15, 0.2) is 54.6 Å². The maximum absolute atomic E-state index is 13.3. The monoisotopic (exact) mass is 624 g/mol. The SMILES string of the molecule is CCCCCCCCCCCCC(COc1cc(C(=O)NCc2ccccc2NC(=O)CCl)c(O)c2ccccc12)C(=O)O. The van der Waals surface area contributed by atoms with Crippen LogP contribution in [0.5, 0.6) is 11.5 Å². The molecule has 9 heteroatoms. The summed E-state index contributed by atoms with van der Waals surface area (Å²) in [5.41, 5.74) is 1.18. The number of aliphatic carboxylic acids is 1. The Labute approximate surface area is 265 Å². The smallest absolute Gasteiger partial charge is 0.309 e. The van der Waals surface area contributed by atoms with E-state index in [2.05, 4.69) is 17.6 Å². The number of anilines is 1. The molecule has 0 aliphatic heterocycles. The molecule has 2 amide bonds. The molecular formula is C35H45ClN2O6. The van der Waals surface area contributed by atoms with Crippen LogP contribution in [-0.4, -0.2) is 40.5 Å². The number of unbranched alkanes of at least 4 members (excludes halogenated alkanes) is 9. The molecule has 3 aromatic rings. The van der Waals surface area contributed by atoms with Crippen molar-refractivity contribution in [1.82, 2.24) is 5.32 Å². The van der Waals surface area contributed by atoms with Crippen molar-refractivity contribution in [3.63, 3.8) is 0 Å². The summed E-state index contributed by atoms with van der Waals surface area (Å²) >= 11 is 5.61. The van der Waals surface area contributed by atoms with Gasteiger partial charge in [0.25, 0.3) is 5.91 Å². The number of halogens is 1. The van der Waals surface area contributed by atoms with Crippen molar-refractivity contribution in [3.05, 3.63) is 65.7 Å². The highest BCUT2D eigenvalue weighted by Gasteiger charge is 2.22. The van der Waals surface area contributed by atoms with E-state index in [0.29, 0.717) is 34.2 Å². The normalized spacial score (nSPS) is 11.7. The molecule has 44 heavy (non-hydrogen) atoms. The van der Waals surface area contributed by atoms with E-state index < -0.39 is 17.8 Å². The van der Waals surface area contributed by atoms with Crippen LogP contribution < -0.4 is 15.4 Å². The van der Waals surface area contributed by atoms with E-state index >= 15 is 0 Å². The van der Waals surface area contributed by atoms with Crippen LogP contribution in [0, 0.1) is 5.92 Å². The number of carbonyl (C=O) groups excluding carboxylic acids is 2. The van der Waals surface area contributed by atoms with Crippen LogP contribution in [0.25, 0.3) is 10.8 Å². The van der Waals surface area contributed by atoms with E-state index in [1.807, 2.05) is 0 Å². The van der Waals surface area contributed by atoms with Gasteiger partial charge in [0.05, 0.1) is 11.5 Å². The van der Waals surface area contributed by atoms with Crippen LogP contribution in [-0.2, 0) is 16.1 Å². The second-order valence-electron chi connectivity index (χ2n) is 11.2. The molecule has 4 N–H and O–H groups in total. The van der Waals surface area contributed by atoms with Gasteiger partial charge in [-0.15, -0.1) is 11.6 Å². The molecule has 0 spiro atoms. The Morgan fingerprint density at radius 3 is 2.14 bits per heavy atom. The largest absolute Gasteiger partial charge is 0.506 e. The van der Waals surface area contributed by atoms with Crippen molar-refractivity contribution < 1.29 is 29.3 Å². The lowest BCUT2D eigenvalue weighted by Crippen LogP contribution is -2.24. The minimum atomic E-state index is -0.915. The Morgan fingerprint density at radius 2 is 1.48 bits per heavy atom. The van der Waals surface area contributed by atoms with Crippen molar-refractivity contribution in [1.29, 1.82) is 0 Å². The number of carboxylic acids is 1. The number of rotatable bonds is 20. The molecule has 0 fully saturated rings. The average molecular weight is 625 g/mol. The number of benzene rings is 3. The third kappa shape index (κ3) is 10.7. The molecule has 0 heterocycles. The molecule has 238 valence electrons. The predicted molar refractivity (Wildman–Crippen MR) is 176 cm³/mol. The fourth-order valence-electron chi connectivity index (χ4n) is 5.22. The second-order valence-corrected chi connectivity index (χ2v) is 11.4. The zero-order chi connectivity index (χ0) is 31.7. The number of carbonyl (C=O) groups is 3. The van der Waals surface area contributed by atoms with Gasteiger partial charge in [-0.1, -0.05) is 114 Å². The van der Waals surface area contributed by atoms with Gasteiger partial charge in [0.2, 0.25) is 5.91 Å². The van der Waals surface area contributed by atoms with Crippen LogP contribution >= 0.6 is 11.6 Å². The zero-order valence-corrected chi connectivity index (χ0v) is 26.3. The Hall–Kier alpha value is -3.78. The first kappa shape index (κ1) is 34.7. The number of fused-ring (bicyclic) bond motifs is 1. The predicted octanol–water partition coefficient (Wildman–Crippen LogP) is 8.04. The fourth-order valence-corrected chi connectivity index (χ4v) is 5.28. The van der Waals surface area contributed by atoms with E-state index in [4.69, 9.17) is 16.3 Å². The van der Waals surface area contributed by atoms with Crippen molar-refractivity contribution in [2.75, 3.05) is 17.8 Å². The molecule has 0 saturated carbocycles. The molecule has 3 aromatic carbocycles. The number of ether oxygens (including phenoxy) is 1. The lowest BCUT2D eigenvalue weighted by atomic mass is 10.00. The van der Waals surface area contributed by atoms with Gasteiger partial charge in [0.1, 0.15) is 24.0 Å². The molecule has 0 bridgehead atoms. The molecule has 1 unspecified atom stereocenters. The quantitative estimate of drug-likeness (QED) is 0.0744. The first-order valence-electron chi connectivity index (χ1n) is 15.7. The molecule has 0 radical (unpaired) electrons. The molecule has 1 atom stereocenters. The van der Waals surface area contributed by atoms with Gasteiger partial charge in [-0.2, -0.15) is 0 Å². The molecule has 0 aromatic heterocycles. The highest BCUT2D eigenvalue weighted by molar-refractivity contribution is 6.29. The maximum Gasteiger partial charge on any atom is 0.309 e. The average Bonchev–Trinajstić information content (AvgIpc) is 3.03. The van der Waals surface area contributed by atoms with Crippen molar-refractivity contribution in [2.45, 2.75) is 84.1 Å². The zero-order valence-electron chi connectivity index (χ0n) is 25.6. The number of nitrogens with one attached hydrogen (secondary N) is 2. The van der Waals surface area contributed by atoms with Gasteiger partial charge in [-0.05, 0) is 24.1 Å². The number of para-hydroxylation sites is 1. The Balaban J connectivity index is 1.63. The number of phenolic OH excluding ortho intramolecular Hbond substituents is 1. The number of aromatic hydroxyl groups is 1. The molecule has 0 saturated heterocycles. The van der Waals surface area contributed by atoms with Gasteiger partial charge in [0, 0.05) is 23.0 Å². The fraction of sp³-hybridized carbons (Fsp3) is 0.457. The van der Waals surface area contributed by atoms with E-state index in [1.165, 1.54) is 51.0 Å². The highest BCUT2D eigenvalue weighted by atomic mass is 35.5. The van der Waals surface area contributed by atoms with Crippen molar-refractivity contribution >= 4 is 45.8 Å². The van der Waals surface area contributed by atoms with Gasteiger partial charge < -0.3 is 25.6 Å². The number of hydrogen-bond donors (Lipinski definition) is 4. The molecule has 3 rings (SSSR count). The lowest BCUT2D eigenvalue weighted by Gasteiger charge is -2.17. The molecule has 0 aliphatic rings. The minimum absolute atomic E-state index is 0.00236. The van der Waals surface area contributed by atoms with E-state index in [1.54, 1.807) is 48.5 Å². The summed E-state index contributed by atoms with van der Waals surface area (Å²) in [6, 6.07) is 15.4. The maximum atomic E-state index is 13.3. The molecular weight excluding hydrogens is 580 g/mol. The summed E-state index contributed by atoms with van der Waals surface area (Å²) < 4.78 is 6.04. The van der Waals surface area contributed by atoms with Gasteiger partial charge in [-0.3, -0.25) is 14.4 Å². The van der Waals surface area contributed by atoms with Gasteiger partial charge in [0.15, 0.2) is 0 Å². The number of carboxylic acid groups (broad SMARTS) is 1. The van der Waals surface area contributed by atoms with Crippen molar-refractivity contribution in [3.8, 4) is 11.5 Å². The summed E-state index contributed by atoms with van der Waals surface area (Å²) in [5, 5.41) is 27.3. The summed E-state index contributed by atoms with van der Waals surface area (Å²) in [5.74, 6) is -2.59. The van der Waals surface area contributed by atoms with E-state index in [9.17, 15) is 24.6 Å². The lowest BCUT2D eigenvalue weighted by molar-refractivity contribution is -0.143. The Morgan fingerprint density at radius 1 is 0.864 bits per heavy atom. The molecule has 8 nitrogen and oxygen atoms in total. The van der Waals surface area contributed by atoms with Crippen LogP contribution in [0.3, 0.4) is 0 Å². The summed E-state index contributed by atoms with van der Waals surface area (Å²) in [7, 11) is 0. The standard InChI is InChI=1S/C35H45ClN2O6/c1-2-3-4-5-6-7-8-9-10-11-17-26(35(42)43)24-44-31-21-29(33(40)28-19-14-13-18-27(28)31)34(41)37-23-25-16-12-15-20-30(25)38-32(39)22-36/h12-16,18-21,26,40H,2-11,17,22-24H2,1H3,(H,37,41)(H,38,39)(H,42,43). The van der Waals surface area contributed by atoms with Crippen LogP contribution in [0.1, 0.15) is 93.5 Å². The van der Waals surface area contributed by atoms with Gasteiger partial charge in [-0.25, -0.2) is 0 Å². The van der Waals surface area contributed by atoms with Gasteiger partial charge >= 0.3 is 5.97 Å². The topological polar surface area (TPSA) is 125 Å². The van der Waals surface area contributed by atoms with Crippen LogP contribution in [0.2, 0.25) is 0 Å². The third-order valence-corrected chi connectivity index (χ3v) is 8.01. The Kier molecular flexibility index (Phi) is 14.8. The molecule has 0 aliphatic carbocycles. The van der Waals surface area contributed by atoms with Crippen LogP contribution in [0.4, 0.5) is 5.69 Å². The first-order chi connectivity index (χ1) is 21.3. The minimum Gasteiger partial charge on any atom is -0.506 e. The summed E-state index contributed by atoms with van der Waals surface area (Å²) in [6.07, 6.45) is 12.3.